The standard InChI is InChI=1S/C14H15N3O3S/c1-3-10-13(21-16-15-10)14(18)17(2)7-9-4-5-11-12(6-9)20-8-19-11/h4-6H,3,7-8H2,1-2H3. The Balaban J connectivity index is 1.74. The summed E-state index contributed by atoms with van der Waals surface area (Å²) in [6, 6.07) is 5.70. The van der Waals surface area contributed by atoms with E-state index in [1.165, 1.54) is 0 Å². The Bertz CT molecular complexity index is 671. The van der Waals surface area contributed by atoms with Crippen molar-refractivity contribution < 1.29 is 14.3 Å². The zero-order valence-electron chi connectivity index (χ0n) is 11.8. The van der Waals surface area contributed by atoms with Crippen LogP contribution in [-0.4, -0.2) is 34.2 Å². The van der Waals surface area contributed by atoms with Gasteiger partial charge in [0, 0.05) is 13.6 Å². The first-order chi connectivity index (χ1) is 10.2. The molecule has 0 aliphatic carbocycles. The minimum atomic E-state index is -0.0560. The van der Waals surface area contributed by atoms with Crippen molar-refractivity contribution in [1.29, 1.82) is 0 Å². The number of hydrogen-bond acceptors (Lipinski definition) is 6. The van der Waals surface area contributed by atoms with E-state index in [9.17, 15) is 4.79 Å². The van der Waals surface area contributed by atoms with Gasteiger partial charge in [-0.2, -0.15) is 0 Å². The van der Waals surface area contributed by atoms with Crippen molar-refractivity contribution in [3.8, 4) is 11.5 Å². The zero-order chi connectivity index (χ0) is 14.8. The lowest BCUT2D eigenvalue weighted by Crippen LogP contribution is -2.26. The van der Waals surface area contributed by atoms with E-state index in [1.807, 2.05) is 25.1 Å². The molecular weight excluding hydrogens is 290 g/mol. The molecule has 2 heterocycles. The molecule has 0 radical (unpaired) electrons. The third-order valence-corrected chi connectivity index (χ3v) is 4.04. The van der Waals surface area contributed by atoms with Crippen LogP contribution in [0, 0.1) is 0 Å². The lowest BCUT2D eigenvalue weighted by molar-refractivity contribution is 0.0788. The largest absolute Gasteiger partial charge is 0.454 e. The van der Waals surface area contributed by atoms with Crippen molar-refractivity contribution in [3.63, 3.8) is 0 Å². The summed E-state index contributed by atoms with van der Waals surface area (Å²) < 4.78 is 14.5. The topological polar surface area (TPSA) is 64.6 Å². The van der Waals surface area contributed by atoms with Crippen molar-refractivity contribution in [2.75, 3.05) is 13.8 Å². The van der Waals surface area contributed by atoms with Crippen LogP contribution in [0.2, 0.25) is 0 Å². The second-order valence-corrected chi connectivity index (χ2v) is 5.51. The second-order valence-electron chi connectivity index (χ2n) is 4.75. The van der Waals surface area contributed by atoms with Gasteiger partial charge in [-0.25, -0.2) is 0 Å². The van der Waals surface area contributed by atoms with E-state index < -0.39 is 0 Å². The van der Waals surface area contributed by atoms with Crippen LogP contribution in [0.3, 0.4) is 0 Å². The van der Waals surface area contributed by atoms with Crippen molar-refractivity contribution >= 4 is 17.4 Å². The summed E-state index contributed by atoms with van der Waals surface area (Å²) in [5, 5.41) is 3.98. The average molecular weight is 305 g/mol. The van der Waals surface area contributed by atoms with Crippen LogP contribution in [0.4, 0.5) is 0 Å². The molecule has 1 amide bonds. The number of hydrogen-bond donors (Lipinski definition) is 0. The number of nitrogens with zero attached hydrogens (tertiary/aromatic N) is 3. The first kappa shape index (κ1) is 13.8. The molecule has 1 aliphatic heterocycles. The number of benzene rings is 1. The molecule has 7 heteroatoms. The number of fused-ring (bicyclic) bond motifs is 1. The van der Waals surface area contributed by atoms with Crippen LogP contribution in [0.15, 0.2) is 18.2 Å². The Morgan fingerprint density at radius 2 is 2.19 bits per heavy atom. The molecule has 2 aromatic rings. The Hall–Kier alpha value is -2.15. The lowest BCUT2D eigenvalue weighted by Gasteiger charge is -2.16. The fraction of sp³-hybridized carbons (Fsp3) is 0.357. The van der Waals surface area contributed by atoms with Gasteiger partial charge in [0.2, 0.25) is 6.79 Å². The van der Waals surface area contributed by atoms with E-state index in [2.05, 4.69) is 9.59 Å². The highest BCUT2D eigenvalue weighted by Crippen LogP contribution is 2.32. The average Bonchev–Trinajstić information content (AvgIpc) is 3.14. The molecule has 0 unspecified atom stereocenters. The number of ether oxygens (including phenoxy) is 2. The summed E-state index contributed by atoms with van der Waals surface area (Å²) in [5.74, 6) is 1.41. The predicted octanol–water partition coefficient (Wildman–Crippen LogP) is 2.10. The smallest absolute Gasteiger partial charge is 0.267 e. The molecule has 21 heavy (non-hydrogen) atoms. The molecular formula is C14H15N3O3S. The molecule has 0 saturated carbocycles. The van der Waals surface area contributed by atoms with E-state index >= 15 is 0 Å². The van der Waals surface area contributed by atoms with E-state index in [0.29, 0.717) is 17.8 Å². The zero-order valence-corrected chi connectivity index (χ0v) is 12.6. The van der Waals surface area contributed by atoms with Gasteiger partial charge in [-0.1, -0.05) is 17.5 Å². The fourth-order valence-corrected chi connectivity index (χ4v) is 2.91. The number of amides is 1. The van der Waals surface area contributed by atoms with Gasteiger partial charge >= 0.3 is 0 Å². The molecule has 0 saturated heterocycles. The van der Waals surface area contributed by atoms with Crippen molar-refractivity contribution in [3.05, 3.63) is 34.3 Å². The predicted molar refractivity (Wildman–Crippen MR) is 77.6 cm³/mol. The third-order valence-electron chi connectivity index (χ3n) is 3.29. The number of carbonyl (C=O) groups excluding carboxylic acids is 1. The second kappa shape index (κ2) is 5.69. The lowest BCUT2D eigenvalue weighted by atomic mass is 10.2. The Morgan fingerprint density at radius 3 is 3.00 bits per heavy atom. The number of rotatable bonds is 4. The van der Waals surface area contributed by atoms with Gasteiger partial charge in [0.05, 0.1) is 5.69 Å². The van der Waals surface area contributed by atoms with Crippen LogP contribution >= 0.6 is 11.5 Å². The molecule has 0 N–H and O–H groups in total. The van der Waals surface area contributed by atoms with Crippen molar-refractivity contribution in [1.82, 2.24) is 14.5 Å². The highest BCUT2D eigenvalue weighted by Gasteiger charge is 2.20. The summed E-state index contributed by atoms with van der Waals surface area (Å²) in [5.41, 5.74) is 1.74. The summed E-state index contributed by atoms with van der Waals surface area (Å²) in [7, 11) is 1.77. The first-order valence-electron chi connectivity index (χ1n) is 6.64. The molecule has 1 aliphatic rings. The van der Waals surface area contributed by atoms with Gasteiger partial charge in [0.25, 0.3) is 5.91 Å². The van der Waals surface area contributed by atoms with Crippen LogP contribution in [0.5, 0.6) is 11.5 Å². The third kappa shape index (κ3) is 2.69. The molecule has 110 valence electrons. The quantitative estimate of drug-likeness (QED) is 0.865. The van der Waals surface area contributed by atoms with Gasteiger partial charge in [-0.3, -0.25) is 4.79 Å². The minimum Gasteiger partial charge on any atom is -0.454 e. The van der Waals surface area contributed by atoms with E-state index in [-0.39, 0.29) is 12.7 Å². The number of aromatic nitrogens is 2. The van der Waals surface area contributed by atoms with E-state index in [0.717, 1.165) is 34.3 Å². The highest BCUT2D eigenvalue weighted by molar-refractivity contribution is 7.07. The van der Waals surface area contributed by atoms with E-state index in [1.54, 1.807) is 11.9 Å². The van der Waals surface area contributed by atoms with Crippen LogP contribution in [-0.2, 0) is 13.0 Å². The Labute approximate surface area is 126 Å². The molecule has 6 nitrogen and oxygen atoms in total. The normalized spacial score (nSPS) is 12.5. The van der Waals surface area contributed by atoms with Gasteiger partial charge in [0.1, 0.15) is 4.88 Å². The van der Waals surface area contributed by atoms with Gasteiger partial charge in [-0.05, 0) is 35.6 Å². The van der Waals surface area contributed by atoms with Crippen LogP contribution in [0.25, 0.3) is 0 Å². The number of carbonyl (C=O) groups is 1. The van der Waals surface area contributed by atoms with Gasteiger partial charge in [0.15, 0.2) is 11.5 Å². The maximum Gasteiger partial charge on any atom is 0.267 e. The Kier molecular flexibility index (Phi) is 3.74. The summed E-state index contributed by atoms with van der Waals surface area (Å²) in [6.07, 6.45) is 0.704. The molecule has 1 aromatic heterocycles. The van der Waals surface area contributed by atoms with Crippen LogP contribution < -0.4 is 9.47 Å². The first-order valence-corrected chi connectivity index (χ1v) is 7.41. The van der Waals surface area contributed by atoms with E-state index in [4.69, 9.17) is 9.47 Å². The summed E-state index contributed by atoms with van der Waals surface area (Å²) in [4.78, 5) is 14.7. The summed E-state index contributed by atoms with van der Waals surface area (Å²) >= 11 is 1.14. The minimum absolute atomic E-state index is 0.0560. The summed E-state index contributed by atoms with van der Waals surface area (Å²) in [6.45, 7) is 2.71. The molecule has 0 spiro atoms. The molecule has 1 aromatic carbocycles. The maximum atomic E-state index is 12.4. The maximum absolute atomic E-state index is 12.4. The number of aryl methyl sites for hydroxylation is 1. The molecule has 0 atom stereocenters. The fourth-order valence-electron chi connectivity index (χ4n) is 2.16. The monoisotopic (exact) mass is 305 g/mol. The Morgan fingerprint density at radius 1 is 1.38 bits per heavy atom. The van der Waals surface area contributed by atoms with Gasteiger partial charge < -0.3 is 14.4 Å². The van der Waals surface area contributed by atoms with Crippen molar-refractivity contribution in [2.45, 2.75) is 19.9 Å². The SMILES string of the molecule is CCc1nnsc1C(=O)N(C)Cc1ccc2c(c1)OCO2. The molecule has 0 bridgehead atoms. The molecule has 3 rings (SSSR count). The molecule has 0 fully saturated rings. The van der Waals surface area contributed by atoms with Gasteiger partial charge in [-0.15, -0.1) is 5.10 Å². The van der Waals surface area contributed by atoms with Crippen molar-refractivity contribution in [2.24, 2.45) is 0 Å². The highest BCUT2D eigenvalue weighted by atomic mass is 32.1. The van der Waals surface area contributed by atoms with Crippen LogP contribution in [0.1, 0.15) is 27.9 Å².